The third-order valence-electron chi connectivity index (χ3n) is 3.71. The Hall–Kier alpha value is -2.37. The first-order valence-electron chi connectivity index (χ1n) is 7.57. The molecule has 7 heteroatoms. The van der Waals surface area contributed by atoms with Gasteiger partial charge in [0, 0.05) is 15.6 Å². The van der Waals surface area contributed by atoms with Crippen LogP contribution in [0.15, 0.2) is 47.3 Å². The van der Waals surface area contributed by atoms with Gasteiger partial charge in [0.05, 0.1) is 17.3 Å². The minimum absolute atomic E-state index is 0.0688. The van der Waals surface area contributed by atoms with Gasteiger partial charge in [-0.15, -0.1) is 0 Å². The van der Waals surface area contributed by atoms with Gasteiger partial charge < -0.3 is 9.72 Å². The topological polar surface area (TPSA) is 72.0 Å². The van der Waals surface area contributed by atoms with Crippen molar-refractivity contribution >= 4 is 40.1 Å². The highest BCUT2D eigenvalue weighted by atomic mass is 35.5. The molecule has 0 aliphatic carbocycles. The van der Waals surface area contributed by atoms with Crippen LogP contribution in [0.25, 0.3) is 10.9 Å². The van der Waals surface area contributed by atoms with Gasteiger partial charge in [0.15, 0.2) is 11.9 Å². The molecule has 3 aromatic rings. The molecule has 0 bridgehead atoms. The Bertz CT molecular complexity index is 981. The molecule has 0 amide bonds. The standard InChI is InChI=1S/C18H14Cl2N2O3/c1-10(17-21-15-8-3-2-5-11(15)18(24)22-17)25-16(23)9-12-13(19)6-4-7-14(12)20/h2-8,10H,9H2,1H3,(H,21,22,24)/t10-/m0/s1. The summed E-state index contributed by atoms with van der Waals surface area (Å²) in [5, 5.41) is 1.27. The van der Waals surface area contributed by atoms with Crippen LogP contribution in [0.3, 0.4) is 0 Å². The zero-order valence-electron chi connectivity index (χ0n) is 13.3. The highest BCUT2D eigenvalue weighted by Gasteiger charge is 2.18. The number of hydrogen-bond donors (Lipinski definition) is 1. The molecular weight excluding hydrogens is 363 g/mol. The number of rotatable bonds is 4. The second kappa shape index (κ2) is 7.25. The second-order valence-electron chi connectivity index (χ2n) is 5.48. The number of esters is 1. The predicted octanol–water partition coefficient (Wildman–Crippen LogP) is 4.08. The number of fused-ring (bicyclic) bond motifs is 1. The zero-order valence-corrected chi connectivity index (χ0v) is 14.8. The van der Waals surface area contributed by atoms with Gasteiger partial charge in [-0.3, -0.25) is 9.59 Å². The maximum absolute atomic E-state index is 12.2. The number of carbonyl (C=O) groups excluding carboxylic acids is 1. The molecule has 3 rings (SSSR count). The molecule has 0 radical (unpaired) electrons. The van der Waals surface area contributed by atoms with E-state index < -0.39 is 12.1 Å². The van der Waals surface area contributed by atoms with Crippen molar-refractivity contribution in [2.45, 2.75) is 19.4 Å². The Morgan fingerprint density at radius 3 is 2.56 bits per heavy atom. The lowest BCUT2D eigenvalue weighted by molar-refractivity contribution is -0.148. The summed E-state index contributed by atoms with van der Waals surface area (Å²) in [6.45, 7) is 1.64. The highest BCUT2D eigenvalue weighted by molar-refractivity contribution is 6.36. The van der Waals surface area contributed by atoms with Gasteiger partial charge in [-0.1, -0.05) is 41.4 Å². The third-order valence-corrected chi connectivity index (χ3v) is 4.42. The fourth-order valence-corrected chi connectivity index (χ4v) is 2.97. The van der Waals surface area contributed by atoms with Crippen molar-refractivity contribution in [1.82, 2.24) is 9.97 Å². The van der Waals surface area contributed by atoms with Gasteiger partial charge in [-0.05, 0) is 31.2 Å². The lowest BCUT2D eigenvalue weighted by Gasteiger charge is -2.14. The van der Waals surface area contributed by atoms with Crippen molar-refractivity contribution in [3.8, 4) is 0 Å². The van der Waals surface area contributed by atoms with Crippen LogP contribution in [0.2, 0.25) is 10.0 Å². The number of halogens is 2. The quantitative estimate of drug-likeness (QED) is 0.696. The van der Waals surface area contributed by atoms with Gasteiger partial charge in [0.25, 0.3) is 5.56 Å². The monoisotopic (exact) mass is 376 g/mol. The van der Waals surface area contributed by atoms with Crippen molar-refractivity contribution < 1.29 is 9.53 Å². The zero-order chi connectivity index (χ0) is 18.0. The van der Waals surface area contributed by atoms with Crippen molar-refractivity contribution in [3.63, 3.8) is 0 Å². The number of aromatic nitrogens is 2. The Kier molecular flexibility index (Phi) is 5.06. The van der Waals surface area contributed by atoms with Crippen LogP contribution >= 0.6 is 23.2 Å². The Morgan fingerprint density at radius 1 is 1.16 bits per heavy atom. The minimum Gasteiger partial charge on any atom is -0.454 e. The molecule has 25 heavy (non-hydrogen) atoms. The second-order valence-corrected chi connectivity index (χ2v) is 6.29. The van der Waals surface area contributed by atoms with Crippen molar-refractivity contribution in [1.29, 1.82) is 0 Å². The summed E-state index contributed by atoms with van der Waals surface area (Å²) in [6.07, 6.45) is -0.785. The normalized spacial score (nSPS) is 12.1. The molecule has 1 heterocycles. The molecule has 0 saturated heterocycles. The molecule has 1 aromatic heterocycles. The Balaban J connectivity index is 1.79. The number of para-hydroxylation sites is 1. The van der Waals surface area contributed by atoms with E-state index in [1.54, 1.807) is 49.4 Å². The average molecular weight is 377 g/mol. The molecular formula is C18H14Cl2N2O3. The van der Waals surface area contributed by atoms with Crippen LogP contribution < -0.4 is 5.56 Å². The number of nitrogens with zero attached hydrogens (tertiary/aromatic N) is 1. The van der Waals surface area contributed by atoms with Crippen LogP contribution in [-0.2, 0) is 16.0 Å². The predicted molar refractivity (Wildman–Crippen MR) is 97.0 cm³/mol. The maximum Gasteiger partial charge on any atom is 0.311 e. The molecule has 1 atom stereocenters. The summed E-state index contributed by atoms with van der Waals surface area (Å²) in [6, 6.07) is 12.0. The first-order valence-corrected chi connectivity index (χ1v) is 8.32. The van der Waals surface area contributed by atoms with Crippen LogP contribution in [0.1, 0.15) is 24.4 Å². The van der Waals surface area contributed by atoms with Gasteiger partial charge in [-0.25, -0.2) is 4.98 Å². The summed E-state index contributed by atoms with van der Waals surface area (Å²) >= 11 is 12.1. The summed E-state index contributed by atoms with van der Waals surface area (Å²) in [5.41, 5.74) is 0.763. The highest BCUT2D eigenvalue weighted by Crippen LogP contribution is 2.25. The van der Waals surface area contributed by atoms with E-state index >= 15 is 0 Å². The lowest BCUT2D eigenvalue weighted by Crippen LogP contribution is -2.18. The summed E-state index contributed by atoms with van der Waals surface area (Å²) in [4.78, 5) is 31.3. The molecule has 0 unspecified atom stereocenters. The number of aromatic amines is 1. The fraction of sp³-hybridized carbons (Fsp3) is 0.167. The van der Waals surface area contributed by atoms with E-state index in [1.807, 2.05) is 0 Å². The van der Waals surface area contributed by atoms with E-state index in [9.17, 15) is 9.59 Å². The Morgan fingerprint density at radius 2 is 1.84 bits per heavy atom. The Labute approximate surface area is 153 Å². The number of H-pyrrole nitrogens is 1. The van der Waals surface area contributed by atoms with Gasteiger partial charge in [-0.2, -0.15) is 0 Å². The summed E-state index contributed by atoms with van der Waals surface area (Å²) < 4.78 is 5.37. The van der Waals surface area contributed by atoms with Crippen LogP contribution in [0.5, 0.6) is 0 Å². The molecule has 0 fully saturated rings. The van der Waals surface area contributed by atoms with Crippen molar-refractivity contribution in [2.75, 3.05) is 0 Å². The van der Waals surface area contributed by atoms with E-state index in [0.717, 1.165) is 0 Å². The first-order chi connectivity index (χ1) is 12.0. The summed E-state index contributed by atoms with van der Waals surface area (Å²) in [5.74, 6) is -0.236. The number of carbonyl (C=O) groups is 1. The van der Waals surface area contributed by atoms with Crippen LogP contribution in [0, 0.1) is 0 Å². The lowest BCUT2D eigenvalue weighted by atomic mass is 10.1. The number of hydrogen-bond acceptors (Lipinski definition) is 4. The average Bonchev–Trinajstić information content (AvgIpc) is 2.58. The molecule has 128 valence electrons. The maximum atomic E-state index is 12.2. The van der Waals surface area contributed by atoms with E-state index in [1.165, 1.54) is 0 Å². The fourth-order valence-electron chi connectivity index (χ4n) is 2.44. The van der Waals surface area contributed by atoms with Gasteiger partial charge in [0.2, 0.25) is 0 Å². The molecule has 0 aliphatic heterocycles. The smallest absolute Gasteiger partial charge is 0.311 e. The molecule has 1 N–H and O–H groups in total. The first kappa shape index (κ1) is 17.5. The number of ether oxygens (including phenoxy) is 1. The van der Waals surface area contributed by atoms with E-state index in [4.69, 9.17) is 27.9 Å². The van der Waals surface area contributed by atoms with Crippen LogP contribution in [0.4, 0.5) is 0 Å². The molecule has 0 saturated carbocycles. The van der Waals surface area contributed by atoms with E-state index in [-0.39, 0.29) is 17.8 Å². The number of benzene rings is 2. The molecule has 0 aliphatic rings. The molecule has 2 aromatic carbocycles. The minimum atomic E-state index is -0.717. The van der Waals surface area contributed by atoms with Crippen molar-refractivity contribution in [2.24, 2.45) is 0 Å². The van der Waals surface area contributed by atoms with Gasteiger partial charge >= 0.3 is 5.97 Å². The SMILES string of the molecule is C[C@H](OC(=O)Cc1c(Cl)cccc1Cl)c1nc2ccccc2c(=O)[nH]1. The van der Waals surface area contributed by atoms with Crippen LogP contribution in [-0.4, -0.2) is 15.9 Å². The number of nitrogens with one attached hydrogen (secondary N) is 1. The van der Waals surface area contributed by atoms with Gasteiger partial charge in [0.1, 0.15) is 0 Å². The molecule has 5 nitrogen and oxygen atoms in total. The third kappa shape index (κ3) is 3.83. The van der Waals surface area contributed by atoms with Crippen molar-refractivity contribution in [3.05, 3.63) is 74.3 Å². The van der Waals surface area contributed by atoms with E-state index in [0.29, 0.717) is 26.5 Å². The molecule has 0 spiro atoms. The largest absolute Gasteiger partial charge is 0.454 e. The van der Waals surface area contributed by atoms with E-state index in [2.05, 4.69) is 9.97 Å². The summed E-state index contributed by atoms with van der Waals surface area (Å²) in [7, 11) is 0.